The summed E-state index contributed by atoms with van der Waals surface area (Å²) in [7, 11) is 1.79. The Morgan fingerprint density at radius 2 is 1.96 bits per heavy atom. The summed E-state index contributed by atoms with van der Waals surface area (Å²) >= 11 is 0. The SMILES string of the molecule is CN(C(=O)COc1ccc2c(c1)CCCC2)[C@@H]1CC[C@@H](N2CCOCC2)[C@@H]1O. The van der Waals surface area contributed by atoms with Crippen molar-refractivity contribution in [3.8, 4) is 5.75 Å². The number of ether oxygens (including phenoxy) is 2. The molecule has 0 radical (unpaired) electrons. The number of carbonyl (C=O) groups is 1. The minimum Gasteiger partial charge on any atom is -0.484 e. The van der Waals surface area contributed by atoms with Gasteiger partial charge in [-0.3, -0.25) is 9.69 Å². The highest BCUT2D eigenvalue weighted by molar-refractivity contribution is 5.78. The van der Waals surface area contributed by atoms with Gasteiger partial charge in [-0.15, -0.1) is 0 Å². The number of likely N-dealkylation sites (N-methyl/N-ethyl adjacent to an activating group) is 1. The Morgan fingerprint density at radius 1 is 1.21 bits per heavy atom. The molecule has 1 amide bonds. The van der Waals surface area contributed by atoms with Gasteiger partial charge in [0.05, 0.1) is 25.4 Å². The first-order valence-electron chi connectivity index (χ1n) is 10.6. The van der Waals surface area contributed by atoms with Crippen LogP contribution in [0.25, 0.3) is 0 Å². The lowest BCUT2D eigenvalue weighted by Gasteiger charge is -2.36. The molecule has 0 bridgehead atoms. The van der Waals surface area contributed by atoms with Crippen molar-refractivity contribution in [2.24, 2.45) is 0 Å². The van der Waals surface area contributed by atoms with E-state index in [4.69, 9.17) is 9.47 Å². The molecule has 1 aromatic carbocycles. The van der Waals surface area contributed by atoms with Crippen molar-refractivity contribution >= 4 is 5.91 Å². The number of amides is 1. The van der Waals surface area contributed by atoms with Crippen molar-refractivity contribution in [1.82, 2.24) is 9.80 Å². The Bertz CT molecular complexity index is 689. The zero-order valence-electron chi connectivity index (χ0n) is 16.8. The summed E-state index contributed by atoms with van der Waals surface area (Å²) in [4.78, 5) is 16.7. The van der Waals surface area contributed by atoms with E-state index in [1.54, 1.807) is 11.9 Å². The van der Waals surface area contributed by atoms with Gasteiger partial charge in [-0.05, 0) is 61.8 Å². The fourth-order valence-electron chi connectivity index (χ4n) is 4.90. The van der Waals surface area contributed by atoms with Gasteiger partial charge in [-0.2, -0.15) is 0 Å². The number of fused-ring (bicyclic) bond motifs is 1. The van der Waals surface area contributed by atoms with E-state index in [0.717, 1.165) is 57.7 Å². The molecule has 1 aliphatic heterocycles. The topological polar surface area (TPSA) is 62.2 Å². The molecule has 0 unspecified atom stereocenters. The molecule has 4 rings (SSSR count). The van der Waals surface area contributed by atoms with Crippen molar-refractivity contribution in [1.29, 1.82) is 0 Å². The summed E-state index contributed by atoms with van der Waals surface area (Å²) in [5, 5.41) is 10.8. The lowest BCUT2D eigenvalue weighted by Crippen LogP contribution is -2.52. The van der Waals surface area contributed by atoms with E-state index in [1.165, 1.54) is 24.0 Å². The molecule has 0 aromatic heterocycles. The zero-order valence-corrected chi connectivity index (χ0v) is 16.8. The molecule has 28 heavy (non-hydrogen) atoms. The summed E-state index contributed by atoms with van der Waals surface area (Å²) in [6.45, 7) is 3.16. The average molecular weight is 389 g/mol. The molecule has 1 saturated carbocycles. The van der Waals surface area contributed by atoms with Crippen molar-refractivity contribution < 1.29 is 19.4 Å². The third kappa shape index (κ3) is 4.19. The second-order valence-electron chi connectivity index (χ2n) is 8.28. The normalized spacial score (nSPS) is 28.0. The molecule has 6 nitrogen and oxygen atoms in total. The van der Waals surface area contributed by atoms with Crippen LogP contribution in [0.15, 0.2) is 18.2 Å². The van der Waals surface area contributed by atoms with Crippen molar-refractivity contribution in [3.63, 3.8) is 0 Å². The van der Waals surface area contributed by atoms with Gasteiger partial charge in [0.15, 0.2) is 6.61 Å². The number of carbonyl (C=O) groups excluding carboxylic acids is 1. The second-order valence-corrected chi connectivity index (χ2v) is 8.28. The van der Waals surface area contributed by atoms with Gasteiger partial charge in [-0.25, -0.2) is 0 Å². The van der Waals surface area contributed by atoms with Crippen LogP contribution in [0.5, 0.6) is 5.75 Å². The van der Waals surface area contributed by atoms with Gasteiger partial charge in [0.2, 0.25) is 0 Å². The number of morpholine rings is 1. The Labute approximate surface area is 167 Å². The van der Waals surface area contributed by atoms with Crippen LogP contribution in [-0.2, 0) is 22.4 Å². The quantitative estimate of drug-likeness (QED) is 0.831. The maximum Gasteiger partial charge on any atom is 0.260 e. The van der Waals surface area contributed by atoms with Gasteiger partial charge in [0.25, 0.3) is 5.91 Å². The van der Waals surface area contributed by atoms with E-state index in [0.29, 0.717) is 0 Å². The number of hydrogen-bond donors (Lipinski definition) is 1. The van der Waals surface area contributed by atoms with Crippen LogP contribution >= 0.6 is 0 Å². The number of aliphatic hydroxyl groups is 1. The van der Waals surface area contributed by atoms with Gasteiger partial charge in [-0.1, -0.05) is 6.07 Å². The van der Waals surface area contributed by atoms with Gasteiger partial charge in [0, 0.05) is 26.2 Å². The van der Waals surface area contributed by atoms with E-state index >= 15 is 0 Å². The second kappa shape index (κ2) is 8.80. The molecule has 2 aliphatic carbocycles. The standard InChI is InChI=1S/C22H32N2O4/c1-23(19-8-9-20(22(19)26)24-10-12-27-13-11-24)21(25)15-28-18-7-6-16-4-2-3-5-17(16)14-18/h6-7,14,19-20,22,26H,2-5,8-13,15H2,1H3/t19-,20-,22-/m1/s1. The lowest BCUT2D eigenvalue weighted by molar-refractivity contribution is -0.136. The van der Waals surface area contributed by atoms with Crippen LogP contribution in [-0.4, -0.2) is 79.0 Å². The number of aliphatic hydroxyl groups excluding tert-OH is 1. The molecular formula is C22H32N2O4. The molecule has 2 fully saturated rings. The Hall–Kier alpha value is -1.63. The number of hydrogen-bond acceptors (Lipinski definition) is 5. The van der Waals surface area contributed by atoms with E-state index in [1.807, 2.05) is 6.07 Å². The first kappa shape index (κ1) is 19.7. The largest absolute Gasteiger partial charge is 0.484 e. The molecule has 1 saturated heterocycles. The Kier molecular flexibility index (Phi) is 6.19. The molecular weight excluding hydrogens is 356 g/mol. The van der Waals surface area contributed by atoms with E-state index in [-0.39, 0.29) is 24.6 Å². The highest BCUT2D eigenvalue weighted by atomic mass is 16.5. The van der Waals surface area contributed by atoms with Crippen molar-refractivity contribution in [2.75, 3.05) is 40.0 Å². The Morgan fingerprint density at radius 3 is 2.75 bits per heavy atom. The third-order valence-corrected chi connectivity index (χ3v) is 6.63. The van der Waals surface area contributed by atoms with Crippen molar-refractivity contribution in [2.45, 2.75) is 56.7 Å². The maximum absolute atomic E-state index is 12.7. The maximum atomic E-state index is 12.7. The minimum absolute atomic E-state index is 0.0146. The van der Waals surface area contributed by atoms with Crippen LogP contribution in [0.3, 0.4) is 0 Å². The molecule has 1 N–H and O–H groups in total. The van der Waals surface area contributed by atoms with Crippen LogP contribution in [0.2, 0.25) is 0 Å². The predicted octanol–water partition coefficient (Wildman–Crippen LogP) is 1.63. The van der Waals surface area contributed by atoms with E-state index in [9.17, 15) is 9.90 Å². The van der Waals surface area contributed by atoms with Crippen molar-refractivity contribution in [3.05, 3.63) is 29.3 Å². The fourth-order valence-corrected chi connectivity index (χ4v) is 4.90. The third-order valence-electron chi connectivity index (χ3n) is 6.63. The first-order valence-corrected chi connectivity index (χ1v) is 10.6. The fraction of sp³-hybridized carbons (Fsp3) is 0.682. The number of rotatable bonds is 5. The summed E-state index contributed by atoms with van der Waals surface area (Å²) in [5.74, 6) is 0.685. The monoisotopic (exact) mass is 388 g/mol. The highest BCUT2D eigenvalue weighted by Gasteiger charge is 2.41. The van der Waals surface area contributed by atoms with Crippen LogP contribution in [0.1, 0.15) is 36.8 Å². The molecule has 1 heterocycles. The molecule has 154 valence electrons. The molecule has 3 aliphatic rings. The molecule has 1 aromatic rings. The Balaban J connectivity index is 1.31. The summed E-state index contributed by atoms with van der Waals surface area (Å²) in [5.41, 5.74) is 2.76. The highest BCUT2D eigenvalue weighted by Crippen LogP contribution is 2.29. The lowest BCUT2D eigenvalue weighted by atomic mass is 9.92. The van der Waals surface area contributed by atoms with Crippen LogP contribution in [0.4, 0.5) is 0 Å². The average Bonchev–Trinajstić information content (AvgIpc) is 3.13. The van der Waals surface area contributed by atoms with Gasteiger partial charge >= 0.3 is 0 Å². The first-order chi connectivity index (χ1) is 13.6. The molecule has 3 atom stereocenters. The van der Waals surface area contributed by atoms with Gasteiger partial charge in [0.1, 0.15) is 5.75 Å². The summed E-state index contributed by atoms with van der Waals surface area (Å²) in [6, 6.07) is 6.15. The van der Waals surface area contributed by atoms with Gasteiger partial charge < -0.3 is 19.5 Å². The van der Waals surface area contributed by atoms with Crippen LogP contribution in [0, 0.1) is 0 Å². The summed E-state index contributed by atoms with van der Waals surface area (Å²) < 4.78 is 11.2. The molecule has 0 spiro atoms. The number of benzene rings is 1. The number of nitrogens with zero attached hydrogens (tertiary/aromatic N) is 2. The van der Waals surface area contributed by atoms with E-state index in [2.05, 4.69) is 17.0 Å². The zero-order chi connectivity index (χ0) is 19.5. The van der Waals surface area contributed by atoms with Crippen LogP contribution < -0.4 is 4.74 Å². The molecule has 6 heteroatoms. The van der Waals surface area contributed by atoms with E-state index < -0.39 is 6.10 Å². The number of aryl methyl sites for hydroxylation is 2. The smallest absolute Gasteiger partial charge is 0.260 e. The minimum atomic E-state index is -0.518. The summed E-state index contributed by atoms with van der Waals surface area (Å²) in [6.07, 6.45) is 5.93. The predicted molar refractivity (Wildman–Crippen MR) is 107 cm³/mol.